The van der Waals surface area contributed by atoms with Gasteiger partial charge in [-0.15, -0.1) is 0 Å². The van der Waals surface area contributed by atoms with Crippen molar-refractivity contribution >= 4 is 17.9 Å². The summed E-state index contributed by atoms with van der Waals surface area (Å²) in [5.41, 5.74) is 1.74. The molecule has 0 aliphatic heterocycles. The van der Waals surface area contributed by atoms with Crippen LogP contribution in [0.15, 0.2) is 54.9 Å². The van der Waals surface area contributed by atoms with E-state index >= 15 is 0 Å². The Balaban J connectivity index is 1.86. The second-order valence-corrected chi connectivity index (χ2v) is 4.95. The number of carbonyl (C=O) groups excluding carboxylic acids is 2. The minimum atomic E-state index is -0.203. The molecular formula is C18H19N3O3. The summed E-state index contributed by atoms with van der Waals surface area (Å²) in [6.07, 6.45) is 6.53. The first-order valence-electron chi connectivity index (χ1n) is 7.45. The summed E-state index contributed by atoms with van der Waals surface area (Å²) >= 11 is 0. The van der Waals surface area contributed by atoms with E-state index in [0.717, 1.165) is 11.1 Å². The molecule has 2 N–H and O–H groups in total. The van der Waals surface area contributed by atoms with Crippen LogP contribution in [-0.2, 0) is 16.1 Å². The predicted octanol–water partition coefficient (Wildman–Crippen LogP) is 1.54. The van der Waals surface area contributed by atoms with Crippen molar-refractivity contribution in [1.29, 1.82) is 0 Å². The standard InChI is InChI=1S/C18H19N3O3/c1-19-18(23)13-24-16-6-2-4-14(10-16)7-8-17(22)21-12-15-5-3-9-20-11-15/h2-11H,12-13H2,1H3,(H,19,23)(H,21,22). The topological polar surface area (TPSA) is 80.3 Å². The maximum atomic E-state index is 11.8. The van der Waals surface area contributed by atoms with E-state index in [0.29, 0.717) is 12.3 Å². The summed E-state index contributed by atoms with van der Waals surface area (Å²) in [7, 11) is 1.55. The number of nitrogens with one attached hydrogen (secondary N) is 2. The number of hydrogen-bond donors (Lipinski definition) is 2. The van der Waals surface area contributed by atoms with Crippen molar-refractivity contribution in [2.75, 3.05) is 13.7 Å². The van der Waals surface area contributed by atoms with Crippen molar-refractivity contribution < 1.29 is 14.3 Å². The minimum Gasteiger partial charge on any atom is -0.484 e. The third kappa shape index (κ3) is 5.92. The second kappa shape index (κ2) is 9.09. The Morgan fingerprint density at radius 1 is 1.25 bits per heavy atom. The normalized spacial score (nSPS) is 10.4. The third-order valence-electron chi connectivity index (χ3n) is 3.12. The molecular weight excluding hydrogens is 306 g/mol. The second-order valence-electron chi connectivity index (χ2n) is 4.95. The molecule has 2 aromatic rings. The Bertz CT molecular complexity index is 714. The molecule has 2 amide bonds. The lowest BCUT2D eigenvalue weighted by molar-refractivity contribution is -0.122. The highest BCUT2D eigenvalue weighted by Crippen LogP contribution is 2.14. The molecule has 24 heavy (non-hydrogen) atoms. The molecule has 0 atom stereocenters. The third-order valence-corrected chi connectivity index (χ3v) is 3.12. The van der Waals surface area contributed by atoms with Crippen molar-refractivity contribution in [3.63, 3.8) is 0 Å². The highest BCUT2D eigenvalue weighted by atomic mass is 16.5. The Morgan fingerprint density at radius 2 is 2.12 bits per heavy atom. The summed E-state index contributed by atoms with van der Waals surface area (Å²) in [5, 5.41) is 5.26. The lowest BCUT2D eigenvalue weighted by atomic mass is 10.2. The van der Waals surface area contributed by atoms with Crippen LogP contribution in [0.4, 0.5) is 0 Å². The Morgan fingerprint density at radius 3 is 2.88 bits per heavy atom. The van der Waals surface area contributed by atoms with Crippen LogP contribution < -0.4 is 15.4 Å². The number of amides is 2. The molecule has 0 radical (unpaired) electrons. The van der Waals surface area contributed by atoms with Crippen LogP contribution in [0.1, 0.15) is 11.1 Å². The number of benzene rings is 1. The average Bonchev–Trinajstić information content (AvgIpc) is 2.64. The van der Waals surface area contributed by atoms with Crippen molar-refractivity contribution in [3.05, 3.63) is 66.0 Å². The summed E-state index contributed by atoms with van der Waals surface area (Å²) in [6.45, 7) is 0.377. The molecule has 2 rings (SSSR count). The first kappa shape index (κ1) is 17.2. The molecule has 0 saturated carbocycles. The average molecular weight is 325 g/mol. The van der Waals surface area contributed by atoms with Crippen molar-refractivity contribution in [1.82, 2.24) is 15.6 Å². The van der Waals surface area contributed by atoms with Crippen molar-refractivity contribution in [2.24, 2.45) is 0 Å². The fraction of sp³-hybridized carbons (Fsp3) is 0.167. The van der Waals surface area contributed by atoms with Crippen LogP contribution in [0, 0.1) is 0 Å². The zero-order valence-corrected chi connectivity index (χ0v) is 13.4. The minimum absolute atomic E-state index is 0.0464. The largest absolute Gasteiger partial charge is 0.484 e. The number of likely N-dealkylation sites (N-methyl/N-ethyl adjacent to an activating group) is 1. The van der Waals surface area contributed by atoms with Crippen LogP contribution in [-0.4, -0.2) is 30.5 Å². The molecule has 124 valence electrons. The quantitative estimate of drug-likeness (QED) is 0.757. The number of nitrogens with zero attached hydrogens (tertiary/aromatic N) is 1. The van der Waals surface area contributed by atoms with E-state index in [-0.39, 0.29) is 18.4 Å². The van der Waals surface area contributed by atoms with E-state index in [2.05, 4.69) is 15.6 Å². The molecule has 0 saturated heterocycles. The summed E-state index contributed by atoms with van der Waals surface area (Å²) in [5.74, 6) is 0.165. The molecule has 1 aromatic heterocycles. The van der Waals surface area contributed by atoms with Gasteiger partial charge >= 0.3 is 0 Å². The molecule has 0 aliphatic carbocycles. The number of pyridine rings is 1. The molecule has 6 heteroatoms. The van der Waals surface area contributed by atoms with Gasteiger partial charge in [0.15, 0.2) is 6.61 Å². The number of hydrogen-bond acceptors (Lipinski definition) is 4. The number of carbonyl (C=O) groups is 2. The monoisotopic (exact) mass is 325 g/mol. The number of rotatable bonds is 7. The van der Waals surface area contributed by atoms with Gasteiger partial charge in [0.2, 0.25) is 5.91 Å². The summed E-state index contributed by atoms with van der Waals surface area (Å²) in [4.78, 5) is 27.0. The van der Waals surface area contributed by atoms with Crippen LogP contribution in [0.25, 0.3) is 6.08 Å². The molecule has 0 unspecified atom stereocenters. The maximum absolute atomic E-state index is 11.8. The van der Waals surface area contributed by atoms with Crippen LogP contribution in [0.3, 0.4) is 0 Å². The van der Waals surface area contributed by atoms with Gasteiger partial charge in [0.05, 0.1) is 0 Å². The maximum Gasteiger partial charge on any atom is 0.257 e. The lowest BCUT2D eigenvalue weighted by Crippen LogP contribution is -2.24. The molecule has 0 bridgehead atoms. The van der Waals surface area contributed by atoms with E-state index < -0.39 is 0 Å². The van der Waals surface area contributed by atoms with Crippen LogP contribution in [0.2, 0.25) is 0 Å². The highest BCUT2D eigenvalue weighted by molar-refractivity contribution is 5.91. The van der Waals surface area contributed by atoms with E-state index in [1.807, 2.05) is 18.2 Å². The SMILES string of the molecule is CNC(=O)COc1cccc(C=CC(=O)NCc2cccnc2)c1. The van der Waals surface area contributed by atoms with Gasteiger partial charge in [0.1, 0.15) is 5.75 Å². The van der Waals surface area contributed by atoms with E-state index in [9.17, 15) is 9.59 Å². The van der Waals surface area contributed by atoms with Gasteiger partial charge in [-0.1, -0.05) is 18.2 Å². The molecule has 6 nitrogen and oxygen atoms in total. The fourth-order valence-corrected chi connectivity index (χ4v) is 1.85. The van der Waals surface area contributed by atoms with Crippen molar-refractivity contribution in [3.8, 4) is 5.75 Å². The summed E-state index contributed by atoms with van der Waals surface area (Å²) in [6, 6.07) is 10.9. The van der Waals surface area contributed by atoms with Gasteiger partial charge in [0.25, 0.3) is 5.91 Å². The Hall–Kier alpha value is -3.15. The van der Waals surface area contributed by atoms with Gasteiger partial charge in [0, 0.05) is 32.1 Å². The van der Waals surface area contributed by atoms with Gasteiger partial charge in [-0.2, -0.15) is 0 Å². The Kier molecular flexibility index (Phi) is 6.52. The first-order valence-corrected chi connectivity index (χ1v) is 7.45. The number of ether oxygens (including phenoxy) is 1. The van der Waals surface area contributed by atoms with E-state index in [1.165, 1.54) is 6.08 Å². The predicted molar refractivity (Wildman–Crippen MR) is 91.1 cm³/mol. The van der Waals surface area contributed by atoms with E-state index in [1.54, 1.807) is 43.7 Å². The van der Waals surface area contributed by atoms with Gasteiger partial charge in [-0.25, -0.2) is 0 Å². The van der Waals surface area contributed by atoms with Crippen molar-refractivity contribution in [2.45, 2.75) is 6.54 Å². The fourth-order valence-electron chi connectivity index (χ4n) is 1.85. The molecule has 1 aromatic carbocycles. The van der Waals surface area contributed by atoms with Gasteiger partial charge in [-0.3, -0.25) is 14.6 Å². The zero-order chi connectivity index (χ0) is 17.2. The van der Waals surface area contributed by atoms with Crippen LogP contribution in [0.5, 0.6) is 5.75 Å². The first-order chi connectivity index (χ1) is 11.7. The van der Waals surface area contributed by atoms with Gasteiger partial charge in [-0.05, 0) is 35.4 Å². The van der Waals surface area contributed by atoms with Crippen LogP contribution >= 0.6 is 0 Å². The summed E-state index contributed by atoms with van der Waals surface area (Å²) < 4.78 is 5.36. The molecule has 0 fully saturated rings. The molecule has 1 heterocycles. The number of aromatic nitrogens is 1. The molecule has 0 aliphatic rings. The zero-order valence-electron chi connectivity index (χ0n) is 13.4. The van der Waals surface area contributed by atoms with E-state index in [4.69, 9.17) is 4.74 Å². The lowest BCUT2D eigenvalue weighted by Gasteiger charge is -2.05. The highest BCUT2D eigenvalue weighted by Gasteiger charge is 2.01. The Labute approximate surface area is 140 Å². The van der Waals surface area contributed by atoms with Gasteiger partial charge < -0.3 is 15.4 Å². The molecule has 0 spiro atoms. The smallest absolute Gasteiger partial charge is 0.257 e.